The third-order valence-electron chi connectivity index (χ3n) is 4.77. The van der Waals surface area contributed by atoms with Gasteiger partial charge in [0.05, 0.1) is 17.7 Å². The smallest absolute Gasteiger partial charge is 0.197 e. The lowest BCUT2D eigenvalue weighted by molar-refractivity contribution is 0.392. The van der Waals surface area contributed by atoms with Gasteiger partial charge in [-0.1, -0.05) is 5.16 Å². The third kappa shape index (κ3) is 3.35. The maximum absolute atomic E-state index is 5.50. The zero-order chi connectivity index (χ0) is 17.9. The molecule has 0 atom stereocenters. The summed E-state index contributed by atoms with van der Waals surface area (Å²) < 4.78 is 10.8. The van der Waals surface area contributed by atoms with Crippen molar-refractivity contribution in [2.24, 2.45) is 0 Å². The van der Waals surface area contributed by atoms with Crippen LogP contribution >= 0.6 is 0 Å². The van der Waals surface area contributed by atoms with E-state index in [-0.39, 0.29) is 0 Å². The topological polar surface area (TPSA) is 89.0 Å². The number of nitrogens with one attached hydrogen (secondary N) is 2. The van der Waals surface area contributed by atoms with Crippen LogP contribution in [-0.4, -0.2) is 34.8 Å². The van der Waals surface area contributed by atoms with Crippen LogP contribution in [0.4, 0.5) is 5.82 Å². The van der Waals surface area contributed by atoms with Gasteiger partial charge < -0.3 is 19.6 Å². The van der Waals surface area contributed by atoms with Crippen LogP contribution in [0, 0.1) is 13.8 Å². The first kappa shape index (κ1) is 16.8. The number of hydrogen-bond donors (Lipinski definition) is 2. The number of anilines is 1. The van der Waals surface area contributed by atoms with Gasteiger partial charge in [0.15, 0.2) is 11.6 Å². The Hall–Kier alpha value is -2.67. The molecule has 7 nitrogen and oxygen atoms in total. The molecule has 26 heavy (non-hydrogen) atoms. The van der Waals surface area contributed by atoms with E-state index in [9.17, 15) is 0 Å². The zero-order valence-electron chi connectivity index (χ0n) is 15.1. The second-order valence-corrected chi connectivity index (χ2v) is 6.53. The van der Waals surface area contributed by atoms with Gasteiger partial charge in [-0.25, -0.2) is 9.97 Å². The van der Waals surface area contributed by atoms with Crippen LogP contribution in [0.1, 0.15) is 28.3 Å². The second kappa shape index (κ2) is 7.29. The molecule has 0 aliphatic carbocycles. The highest BCUT2D eigenvalue weighted by molar-refractivity contribution is 5.56. The van der Waals surface area contributed by atoms with Crippen molar-refractivity contribution in [1.82, 2.24) is 20.4 Å². The highest BCUT2D eigenvalue weighted by Crippen LogP contribution is 2.25. The monoisotopic (exact) mass is 353 g/mol. The first-order chi connectivity index (χ1) is 12.7. The minimum atomic E-state index is 0.635. The van der Waals surface area contributed by atoms with Crippen molar-refractivity contribution in [2.75, 3.05) is 25.0 Å². The van der Waals surface area contributed by atoms with Gasteiger partial charge in [0, 0.05) is 30.6 Å². The molecule has 2 N–H and O–H groups in total. The van der Waals surface area contributed by atoms with Gasteiger partial charge in [-0.15, -0.1) is 0 Å². The number of rotatable bonds is 5. The molecule has 3 aromatic rings. The summed E-state index contributed by atoms with van der Waals surface area (Å²) in [7, 11) is 0. The Balaban J connectivity index is 1.60. The van der Waals surface area contributed by atoms with Crippen LogP contribution in [0.3, 0.4) is 0 Å². The maximum atomic E-state index is 5.50. The van der Waals surface area contributed by atoms with Crippen molar-refractivity contribution in [3.63, 3.8) is 0 Å². The van der Waals surface area contributed by atoms with Gasteiger partial charge in [0.2, 0.25) is 0 Å². The number of aryl methyl sites for hydroxylation is 2. The molecule has 0 saturated heterocycles. The largest absolute Gasteiger partial charge is 0.461 e. The van der Waals surface area contributed by atoms with E-state index in [4.69, 9.17) is 18.9 Å². The van der Waals surface area contributed by atoms with Crippen molar-refractivity contribution in [3.8, 4) is 11.6 Å². The standard InChI is InChI=1S/C19H23N5O2/c1-12-14(13(2)26-24-12)6-10-21-18-15-5-8-20-9-7-16(15)22-19(23-18)17-4-3-11-25-17/h3-4,11,20H,5-10H2,1-2H3,(H,21,22,23). The van der Waals surface area contributed by atoms with E-state index in [1.54, 1.807) is 6.26 Å². The summed E-state index contributed by atoms with van der Waals surface area (Å²) in [5.41, 5.74) is 4.40. The van der Waals surface area contributed by atoms with Gasteiger partial charge in [0.25, 0.3) is 0 Å². The maximum Gasteiger partial charge on any atom is 0.197 e. The molecule has 4 heterocycles. The number of aromatic nitrogens is 3. The van der Waals surface area contributed by atoms with Crippen molar-refractivity contribution in [1.29, 1.82) is 0 Å². The van der Waals surface area contributed by atoms with Gasteiger partial charge >= 0.3 is 0 Å². The van der Waals surface area contributed by atoms with Crippen LogP contribution in [-0.2, 0) is 19.3 Å². The number of hydrogen-bond acceptors (Lipinski definition) is 7. The Labute approximate surface area is 152 Å². The average Bonchev–Trinajstić information content (AvgIpc) is 3.21. The lowest BCUT2D eigenvalue weighted by Gasteiger charge is -2.14. The first-order valence-corrected chi connectivity index (χ1v) is 9.02. The normalized spacial score (nSPS) is 14.1. The minimum Gasteiger partial charge on any atom is -0.461 e. The van der Waals surface area contributed by atoms with E-state index >= 15 is 0 Å². The summed E-state index contributed by atoms with van der Waals surface area (Å²) >= 11 is 0. The molecular weight excluding hydrogens is 330 g/mol. The molecule has 0 amide bonds. The zero-order valence-corrected chi connectivity index (χ0v) is 15.1. The van der Waals surface area contributed by atoms with E-state index in [2.05, 4.69) is 15.8 Å². The Morgan fingerprint density at radius 1 is 1.19 bits per heavy atom. The van der Waals surface area contributed by atoms with Crippen LogP contribution in [0.2, 0.25) is 0 Å². The molecule has 4 rings (SSSR count). The minimum absolute atomic E-state index is 0.635. The van der Waals surface area contributed by atoms with Gasteiger partial charge in [-0.05, 0) is 45.4 Å². The predicted octanol–water partition coefficient (Wildman–Crippen LogP) is 2.68. The SMILES string of the molecule is Cc1noc(C)c1CCNc1nc(-c2ccco2)nc2c1CCNCC2. The van der Waals surface area contributed by atoms with Crippen LogP contribution in [0.5, 0.6) is 0 Å². The highest BCUT2D eigenvalue weighted by Gasteiger charge is 2.18. The van der Waals surface area contributed by atoms with E-state index in [0.29, 0.717) is 11.6 Å². The Bertz CT molecular complexity index is 866. The lowest BCUT2D eigenvalue weighted by atomic mass is 10.1. The molecule has 1 aliphatic rings. The fourth-order valence-electron chi connectivity index (χ4n) is 3.37. The number of nitrogens with zero attached hydrogens (tertiary/aromatic N) is 3. The lowest BCUT2D eigenvalue weighted by Crippen LogP contribution is -2.16. The summed E-state index contributed by atoms with van der Waals surface area (Å²) in [5.74, 6) is 3.11. The van der Waals surface area contributed by atoms with Gasteiger partial charge in [0.1, 0.15) is 11.6 Å². The average molecular weight is 353 g/mol. The van der Waals surface area contributed by atoms with Gasteiger partial charge in [-0.2, -0.15) is 0 Å². The molecule has 0 bridgehead atoms. The predicted molar refractivity (Wildman–Crippen MR) is 98.2 cm³/mol. The third-order valence-corrected chi connectivity index (χ3v) is 4.77. The summed E-state index contributed by atoms with van der Waals surface area (Å²) in [6.07, 6.45) is 4.30. The summed E-state index contributed by atoms with van der Waals surface area (Å²) in [5, 5.41) is 11.0. The molecule has 0 unspecified atom stereocenters. The van der Waals surface area contributed by atoms with E-state index in [1.807, 2.05) is 26.0 Å². The van der Waals surface area contributed by atoms with Crippen molar-refractivity contribution in [2.45, 2.75) is 33.1 Å². The first-order valence-electron chi connectivity index (χ1n) is 9.02. The summed E-state index contributed by atoms with van der Waals surface area (Å²) in [6, 6.07) is 3.75. The molecular formula is C19H23N5O2. The molecule has 7 heteroatoms. The molecule has 0 fully saturated rings. The molecule has 0 radical (unpaired) electrons. The molecule has 0 spiro atoms. The quantitative estimate of drug-likeness (QED) is 0.729. The van der Waals surface area contributed by atoms with Crippen LogP contribution < -0.4 is 10.6 Å². The van der Waals surface area contributed by atoms with E-state index in [1.165, 1.54) is 5.56 Å². The Morgan fingerprint density at radius 3 is 2.85 bits per heavy atom. The van der Waals surface area contributed by atoms with Crippen LogP contribution in [0.15, 0.2) is 27.3 Å². The summed E-state index contributed by atoms with van der Waals surface area (Å²) in [6.45, 7) is 6.56. The Kier molecular flexibility index (Phi) is 4.71. The fraction of sp³-hybridized carbons (Fsp3) is 0.421. The fourth-order valence-corrected chi connectivity index (χ4v) is 3.37. The number of furan rings is 1. The second-order valence-electron chi connectivity index (χ2n) is 6.53. The van der Waals surface area contributed by atoms with E-state index < -0.39 is 0 Å². The van der Waals surface area contributed by atoms with Gasteiger partial charge in [-0.3, -0.25) is 0 Å². The Morgan fingerprint density at radius 2 is 2.08 bits per heavy atom. The van der Waals surface area contributed by atoms with Crippen molar-refractivity contribution < 1.29 is 8.94 Å². The van der Waals surface area contributed by atoms with Crippen LogP contribution in [0.25, 0.3) is 11.6 Å². The number of fused-ring (bicyclic) bond motifs is 1. The molecule has 136 valence electrons. The van der Waals surface area contributed by atoms with Crippen molar-refractivity contribution >= 4 is 5.82 Å². The molecule has 3 aromatic heterocycles. The van der Waals surface area contributed by atoms with Crippen molar-refractivity contribution in [3.05, 3.63) is 46.7 Å². The highest BCUT2D eigenvalue weighted by atomic mass is 16.5. The molecule has 0 saturated carbocycles. The molecule has 0 aromatic carbocycles. The molecule has 1 aliphatic heterocycles. The summed E-state index contributed by atoms with van der Waals surface area (Å²) in [4.78, 5) is 9.50. The van der Waals surface area contributed by atoms with E-state index in [0.717, 1.165) is 67.4 Å².